The molecule has 22 heavy (non-hydrogen) atoms. The monoisotopic (exact) mass is 321 g/mol. The maximum Gasteiger partial charge on any atom is 0.0962 e. The molecule has 0 atom stereocenters. The lowest BCUT2D eigenvalue weighted by molar-refractivity contribution is 0.0759. The first-order valence-electron chi connectivity index (χ1n) is 8.14. The van der Waals surface area contributed by atoms with Gasteiger partial charge < -0.3 is 9.47 Å². The van der Waals surface area contributed by atoms with E-state index in [2.05, 4.69) is 24.6 Å². The molecule has 3 rings (SSSR count). The van der Waals surface area contributed by atoms with E-state index in [1.165, 1.54) is 18.4 Å². The zero-order valence-corrected chi connectivity index (χ0v) is 14.3. The number of ether oxygens (including phenoxy) is 2. The van der Waals surface area contributed by atoms with Gasteiger partial charge in [0.15, 0.2) is 0 Å². The Morgan fingerprint density at radius 3 is 2.23 bits per heavy atom. The Morgan fingerprint density at radius 2 is 1.73 bits per heavy atom. The molecule has 0 spiro atoms. The second kappa shape index (κ2) is 10.0. The molecule has 1 aromatic heterocycles. The van der Waals surface area contributed by atoms with Crippen molar-refractivity contribution < 1.29 is 9.47 Å². The van der Waals surface area contributed by atoms with Crippen LogP contribution in [0.5, 0.6) is 0 Å². The van der Waals surface area contributed by atoms with Gasteiger partial charge in [0, 0.05) is 37.9 Å². The van der Waals surface area contributed by atoms with Gasteiger partial charge in [-0.15, -0.1) is 11.8 Å². The number of pyridine rings is 1. The molecule has 0 aromatic carbocycles. The van der Waals surface area contributed by atoms with E-state index in [0.717, 1.165) is 50.2 Å². The zero-order chi connectivity index (χ0) is 15.6. The molecule has 2 aliphatic rings. The van der Waals surface area contributed by atoms with E-state index in [1.807, 2.05) is 30.1 Å². The fraction of sp³-hybridized carbons (Fsp3) is 0.611. The van der Waals surface area contributed by atoms with Crippen LogP contribution >= 0.6 is 11.8 Å². The van der Waals surface area contributed by atoms with Crippen LogP contribution in [0.4, 0.5) is 0 Å². The molecule has 0 aliphatic carbocycles. The van der Waals surface area contributed by atoms with Gasteiger partial charge in [0.2, 0.25) is 0 Å². The molecule has 0 bridgehead atoms. The minimum absolute atomic E-state index is 0.698. The van der Waals surface area contributed by atoms with Crippen LogP contribution < -0.4 is 0 Å². The number of allylic oxidation sites excluding steroid dienone is 1. The minimum Gasteiger partial charge on any atom is -0.381 e. The van der Waals surface area contributed by atoms with Crippen LogP contribution in [-0.2, 0) is 9.47 Å². The number of hydrogen-bond acceptors (Lipinski definition) is 4. The summed E-state index contributed by atoms with van der Waals surface area (Å²) in [5.74, 6) is 0.735. The van der Waals surface area contributed by atoms with Crippen molar-refractivity contribution in [3.63, 3.8) is 0 Å². The van der Waals surface area contributed by atoms with Crippen LogP contribution in [0.2, 0.25) is 0 Å². The summed E-state index contributed by atoms with van der Waals surface area (Å²) in [7, 11) is 0. The molecule has 0 amide bonds. The Morgan fingerprint density at radius 1 is 1.09 bits per heavy atom. The van der Waals surface area contributed by atoms with Gasteiger partial charge in [-0.3, -0.25) is 0 Å². The highest BCUT2D eigenvalue weighted by atomic mass is 32.2. The zero-order valence-electron chi connectivity index (χ0n) is 13.5. The fourth-order valence-electron chi connectivity index (χ4n) is 2.57. The van der Waals surface area contributed by atoms with Gasteiger partial charge >= 0.3 is 0 Å². The van der Waals surface area contributed by atoms with E-state index in [1.54, 1.807) is 0 Å². The summed E-state index contributed by atoms with van der Waals surface area (Å²) in [6.07, 6.45) is 6.51. The van der Waals surface area contributed by atoms with E-state index in [0.29, 0.717) is 5.25 Å². The summed E-state index contributed by atoms with van der Waals surface area (Å²) in [5.41, 5.74) is 1.32. The molecule has 0 saturated carbocycles. The predicted molar refractivity (Wildman–Crippen MR) is 92.3 cm³/mol. The molecule has 3 nitrogen and oxygen atoms in total. The molecule has 3 heterocycles. The van der Waals surface area contributed by atoms with Crippen molar-refractivity contribution in [3.8, 4) is 0 Å². The van der Waals surface area contributed by atoms with E-state index in [4.69, 9.17) is 9.47 Å². The smallest absolute Gasteiger partial charge is 0.0962 e. The van der Waals surface area contributed by atoms with Crippen LogP contribution in [0.3, 0.4) is 0 Å². The third kappa shape index (κ3) is 6.51. The molecule has 2 saturated heterocycles. The summed E-state index contributed by atoms with van der Waals surface area (Å²) < 4.78 is 10.5. The number of aromatic nitrogens is 1. The Hall–Kier alpha value is -0.840. The molecule has 122 valence electrons. The second-order valence-electron chi connectivity index (χ2n) is 5.83. The SMILES string of the molecule is C=C(C)C1CCOCC1.c1ccc(SC2CCOCC2)nc1. The van der Waals surface area contributed by atoms with Crippen molar-refractivity contribution in [2.75, 3.05) is 26.4 Å². The molecule has 0 N–H and O–H groups in total. The highest BCUT2D eigenvalue weighted by Crippen LogP contribution is 2.27. The van der Waals surface area contributed by atoms with Crippen molar-refractivity contribution >= 4 is 11.8 Å². The van der Waals surface area contributed by atoms with E-state index in [9.17, 15) is 0 Å². The van der Waals surface area contributed by atoms with Gasteiger partial charge in [0.1, 0.15) is 0 Å². The largest absolute Gasteiger partial charge is 0.381 e. The average Bonchev–Trinajstić information content (AvgIpc) is 2.58. The molecule has 2 fully saturated rings. The summed E-state index contributed by atoms with van der Waals surface area (Å²) in [4.78, 5) is 4.29. The molecular weight excluding hydrogens is 294 g/mol. The fourth-order valence-corrected chi connectivity index (χ4v) is 3.62. The lowest BCUT2D eigenvalue weighted by Crippen LogP contribution is -2.17. The normalized spacial score (nSPS) is 20.0. The van der Waals surface area contributed by atoms with Crippen LogP contribution in [-0.4, -0.2) is 36.7 Å². The van der Waals surface area contributed by atoms with Crippen LogP contribution in [0, 0.1) is 5.92 Å². The van der Waals surface area contributed by atoms with Gasteiger partial charge in [-0.05, 0) is 50.7 Å². The van der Waals surface area contributed by atoms with Gasteiger partial charge in [0.25, 0.3) is 0 Å². The molecular formula is C18H27NO2S. The van der Waals surface area contributed by atoms with Crippen molar-refractivity contribution in [3.05, 3.63) is 36.5 Å². The Kier molecular flexibility index (Phi) is 7.99. The lowest BCUT2D eigenvalue weighted by atomic mass is 9.94. The summed E-state index contributed by atoms with van der Waals surface area (Å²) in [6, 6.07) is 6.06. The quantitative estimate of drug-likeness (QED) is 0.775. The van der Waals surface area contributed by atoms with Crippen LogP contribution in [0.15, 0.2) is 41.6 Å². The van der Waals surface area contributed by atoms with Crippen molar-refractivity contribution in [1.29, 1.82) is 0 Å². The molecule has 1 aromatic rings. The van der Waals surface area contributed by atoms with Crippen molar-refractivity contribution in [1.82, 2.24) is 4.98 Å². The Labute approximate surface area is 138 Å². The third-order valence-electron chi connectivity index (χ3n) is 4.01. The minimum atomic E-state index is 0.698. The third-order valence-corrected chi connectivity index (χ3v) is 5.30. The first-order valence-corrected chi connectivity index (χ1v) is 9.02. The standard InChI is InChI=1S/C10H13NOS.C8H14O/c1-2-6-11-10(3-1)13-9-4-7-12-8-5-9;1-7(2)8-3-5-9-6-4-8/h1-3,6,9H,4-5,7-8H2;8H,1,3-6H2,2H3. The Bertz CT molecular complexity index is 426. The summed E-state index contributed by atoms with van der Waals surface area (Å²) >= 11 is 1.87. The van der Waals surface area contributed by atoms with Gasteiger partial charge in [-0.2, -0.15) is 0 Å². The Balaban J connectivity index is 0.000000172. The van der Waals surface area contributed by atoms with Crippen LogP contribution in [0.1, 0.15) is 32.6 Å². The number of hydrogen-bond donors (Lipinski definition) is 0. The topological polar surface area (TPSA) is 31.4 Å². The highest BCUT2D eigenvalue weighted by molar-refractivity contribution is 7.99. The number of rotatable bonds is 3. The summed E-state index contributed by atoms with van der Waals surface area (Å²) in [6.45, 7) is 9.70. The molecule has 2 aliphatic heterocycles. The van der Waals surface area contributed by atoms with E-state index < -0.39 is 0 Å². The van der Waals surface area contributed by atoms with E-state index >= 15 is 0 Å². The molecule has 0 radical (unpaired) electrons. The van der Waals surface area contributed by atoms with Crippen molar-refractivity contribution in [2.24, 2.45) is 5.92 Å². The number of thioether (sulfide) groups is 1. The van der Waals surface area contributed by atoms with Gasteiger partial charge in [0.05, 0.1) is 5.03 Å². The second-order valence-corrected chi connectivity index (χ2v) is 7.15. The van der Waals surface area contributed by atoms with E-state index in [-0.39, 0.29) is 0 Å². The maximum absolute atomic E-state index is 5.30. The predicted octanol–water partition coefficient (Wildman–Crippen LogP) is 4.34. The number of nitrogens with zero attached hydrogens (tertiary/aromatic N) is 1. The summed E-state index contributed by atoms with van der Waals surface area (Å²) in [5, 5.41) is 1.83. The van der Waals surface area contributed by atoms with Gasteiger partial charge in [-0.1, -0.05) is 18.2 Å². The maximum atomic E-state index is 5.30. The van der Waals surface area contributed by atoms with Crippen molar-refractivity contribution in [2.45, 2.75) is 42.9 Å². The van der Waals surface area contributed by atoms with Crippen LogP contribution in [0.25, 0.3) is 0 Å². The average molecular weight is 321 g/mol. The van der Waals surface area contributed by atoms with Gasteiger partial charge in [-0.25, -0.2) is 4.98 Å². The lowest BCUT2D eigenvalue weighted by Gasteiger charge is -2.21. The highest BCUT2D eigenvalue weighted by Gasteiger charge is 2.15. The first kappa shape index (κ1) is 17.5. The first-order chi connectivity index (χ1) is 10.8. The molecule has 4 heteroatoms. The molecule has 0 unspecified atom stereocenters.